The van der Waals surface area contributed by atoms with Crippen LogP contribution in [0.15, 0.2) is 73.1 Å². The lowest BCUT2D eigenvalue weighted by atomic mass is 9.87. The maximum Gasteiger partial charge on any atom is 0.337 e. The molecule has 3 aromatic carbocycles. The van der Waals surface area contributed by atoms with Crippen LogP contribution < -0.4 is 5.32 Å². The Morgan fingerprint density at radius 1 is 1.00 bits per heavy atom. The molecule has 7 rings (SSSR count). The Bertz CT molecular complexity index is 2120. The van der Waals surface area contributed by atoms with E-state index >= 15 is 0 Å². The summed E-state index contributed by atoms with van der Waals surface area (Å²) in [6, 6.07) is 21.0. The highest BCUT2D eigenvalue weighted by Gasteiger charge is 2.35. The van der Waals surface area contributed by atoms with Crippen LogP contribution in [0.1, 0.15) is 43.6 Å². The van der Waals surface area contributed by atoms with Crippen LogP contribution in [0, 0.1) is 13.8 Å². The van der Waals surface area contributed by atoms with Crippen LogP contribution in [-0.4, -0.2) is 42.6 Å². The van der Waals surface area contributed by atoms with Crippen LogP contribution in [-0.2, 0) is 23.1 Å². The number of rotatable bonds is 6. The van der Waals surface area contributed by atoms with E-state index in [-0.39, 0.29) is 0 Å². The van der Waals surface area contributed by atoms with Crippen LogP contribution in [0.5, 0.6) is 0 Å². The molecule has 0 amide bonds. The second-order valence-corrected chi connectivity index (χ2v) is 12.9. The number of nitrogens with zero attached hydrogens (tertiary/aromatic N) is 4. The predicted molar refractivity (Wildman–Crippen MR) is 179 cm³/mol. The third-order valence-corrected chi connectivity index (χ3v) is 8.68. The Morgan fingerprint density at radius 3 is 2.49 bits per heavy atom. The first kappa shape index (κ1) is 28.8. The van der Waals surface area contributed by atoms with Gasteiger partial charge in [0.15, 0.2) is 6.10 Å². The molecule has 1 unspecified atom stereocenters. The van der Waals surface area contributed by atoms with Crippen molar-refractivity contribution in [1.29, 1.82) is 0 Å². The minimum atomic E-state index is -1.15. The summed E-state index contributed by atoms with van der Waals surface area (Å²) in [5.41, 5.74) is 11.0. The quantitative estimate of drug-likeness (QED) is 0.202. The summed E-state index contributed by atoms with van der Waals surface area (Å²) >= 11 is 0. The van der Waals surface area contributed by atoms with Crippen molar-refractivity contribution in [3.05, 3.63) is 89.7 Å². The highest BCUT2D eigenvalue weighted by atomic mass is 16.5. The SMILES string of the molecule is Cc1ccc(-c2c(C(OC(C)(C)C)C(=O)O)c(C)c3c4c2cc(-c2ccnc(-c5ccc6c(cnn6C)c5)c2)n4CCN3)cc1. The van der Waals surface area contributed by atoms with Gasteiger partial charge in [-0.05, 0) is 81.6 Å². The van der Waals surface area contributed by atoms with E-state index in [1.54, 1.807) is 0 Å². The summed E-state index contributed by atoms with van der Waals surface area (Å²) in [6.07, 6.45) is 2.59. The minimum Gasteiger partial charge on any atom is -0.479 e. The zero-order chi connectivity index (χ0) is 31.6. The Kier molecular flexibility index (Phi) is 6.78. The highest BCUT2D eigenvalue weighted by Crippen LogP contribution is 2.48. The molecule has 2 N–H and O–H groups in total. The lowest BCUT2D eigenvalue weighted by Gasteiger charge is -2.30. The molecule has 228 valence electrons. The highest BCUT2D eigenvalue weighted by molar-refractivity contribution is 6.09. The van der Waals surface area contributed by atoms with Crippen LogP contribution in [0.3, 0.4) is 0 Å². The van der Waals surface area contributed by atoms with Crippen molar-refractivity contribution < 1.29 is 14.6 Å². The van der Waals surface area contributed by atoms with Crippen molar-refractivity contribution >= 4 is 33.5 Å². The summed E-state index contributed by atoms with van der Waals surface area (Å²) in [7, 11) is 1.94. The molecular formula is C37H37N5O3. The number of hydrogen-bond acceptors (Lipinski definition) is 5. The minimum absolute atomic E-state index is 0.664. The van der Waals surface area contributed by atoms with Gasteiger partial charge in [0.25, 0.3) is 0 Å². The third kappa shape index (κ3) is 4.95. The molecule has 1 atom stereocenters. The van der Waals surface area contributed by atoms with Gasteiger partial charge in [-0.2, -0.15) is 5.10 Å². The van der Waals surface area contributed by atoms with Crippen molar-refractivity contribution in [2.75, 3.05) is 11.9 Å². The van der Waals surface area contributed by atoms with Crippen molar-refractivity contribution in [3.8, 4) is 33.6 Å². The second-order valence-electron chi connectivity index (χ2n) is 12.9. The summed E-state index contributed by atoms with van der Waals surface area (Å²) in [6.45, 7) is 11.3. The first-order chi connectivity index (χ1) is 21.5. The van der Waals surface area contributed by atoms with Crippen LogP contribution in [0.25, 0.3) is 55.4 Å². The molecule has 0 bridgehead atoms. The third-order valence-electron chi connectivity index (χ3n) is 8.68. The summed E-state index contributed by atoms with van der Waals surface area (Å²) in [4.78, 5) is 17.6. The summed E-state index contributed by atoms with van der Waals surface area (Å²) < 4.78 is 10.5. The molecule has 3 aromatic heterocycles. The predicted octanol–water partition coefficient (Wildman–Crippen LogP) is 7.91. The number of anilines is 1. The number of carboxylic acids is 1. The van der Waals surface area contributed by atoms with Gasteiger partial charge in [-0.15, -0.1) is 0 Å². The Balaban J connectivity index is 1.48. The molecule has 8 nitrogen and oxygen atoms in total. The number of aromatic nitrogens is 4. The number of nitrogens with one attached hydrogen (secondary N) is 1. The summed E-state index contributed by atoms with van der Waals surface area (Å²) in [5, 5.41) is 20.6. The fraction of sp³-hybridized carbons (Fsp3) is 0.270. The number of benzene rings is 3. The van der Waals surface area contributed by atoms with Gasteiger partial charge in [0.1, 0.15) is 0 Å². The van der Waals surface area contributed by atoms with Crippen LogP contribution in [0.4, 0.5) is 5.69 Å². The fourth-order valence-electron chi connectivity index (χ4n) is 6.65. The van der Waals surface area contributed by atoms with E-state index in [1.165, 1.54) is 0 Å². The van der Waals surface area contributed by atoms with Crippen LogP contribution >= 0.6 is 0 Å². The smallest absolute Gasteiger partial charge is 0.337 e. The number of aryl methyl sites for hydroxylation is 2. The van der Waals surface area contributed by atoms with E-state index in [2.05, 4.69) is 76.5 Å². The maximum atomic E-state index is 12.9. The van der Waals surface area contributed by atoms with E-state index in [0.29, 0.717) is 5.56 Å². The number of aliphatic carboxylic acids is 1. The summed E-state index contributed by atoms with van der Waals surface area (Å²) in [5.74, 6) is -1.01. The van der Waals surface area contributed by atoms with Gasteiger partial charge in [0.05, 0.1) is 34.2 Å². The molecule has 45 heavy (non-hydrogen) atoms. The molecule has 0 saturated carbocycles. The van der Waals surface area contributed by atoms with E-state index in [0.717, 1.165) is 85.4 Å². The number of ether oxygens (including phenoxy) is 1. The zero-order valence-electron chi connectivity index (χ0n) is 26.5. The van der Waals surface area contributed by atoms with E-state index in [1.807, 2.05) is 57.9 Å². The van der Waals surface area contributed by atoms with Gasteiger partial charge in [-0.1, -0.05) is 35.9 Å². The second kappa shape index (κ2) is 10.6. The molecule has 0 fully saturated rings. The topological polar surface area (TPSA) is 94.2 Å². The van der Waals surface area contributed by atoms with Gasteiger partial charge < -0.3 is 19.7 Å². The van der Waals surface area contributed by atoms with Gasteiger partial charge in [-0.3, -0.25) is 9.67 Å². The molecule has 0 aliphatic carbocycles. The van der Waals surface area contributed by atoms with E-state index in [4.69, 9.17) is 9.72 Å². The monoisotopic (exact) mass is 599 g/mol. The average Bonchev–Trinajstić information content (AvgIpc) is 3.59. The van der Waals surface area contributed by atoms with Gasteiger partial charge in [0, 0.05) is 59.5 Å². The first-order valence-corrected chi connectivity index (χ1v) is 15.3. The molecule has 6 aromatic rings. The number of carboxylic acid groups (broad SMARTS) is 1. The number of fused-ring (bicyclic) bond motifs is 1. The van der Waals surface area contributed by atoms with E-state index < -0.39 is 17.7 Å². The molecule has 1 aliphatic heterocycles. The standard InChI is InChI=1S/C37H37N5O3/c1-21-7-9-23(10-8-21)32-27-19-30(25-13-14-38-28(18-25)24-11-12-29-26(17-24)20-40-41(29)6)42-16-15-39-33(34(27)42)22(2)31(32)35(36(43)44)45-37(3,4)5/h7-14,17-20,35,39H,15-16H2,1-6H3,(H,43,44). The van der Waals surface area contributed by atoms with Gasteiger partial charge in [0.2, 0.25) is 0 Å². The lowest BCUT2D eigenvalue weighted by molar-refractivity contribution is -0.160. The van der Waals surface area contributed by atoms with Crippen molar-refractivity contribution in [1.82, 2.24) is 19.3 Å². The number of hydrogen-bond donors (Lipinski definition) is 2. The Morgan fingerprint density at radius 2 is 1.76 bits per heavy atom. The van der Waals surface area contributed by atoms with Crippen LogP contribution in [0.2, 0.25) is 0 Å². The Hall–Kier alpha value is -4.95. The first-order valence-electron chi connectivity index (χ1n) is 15.3. The normalized spacial score (nSPS) is 13.7. The number of carbonyl (C=O) groups is 1. The Labute approximate surface area is 262 Å². The molecule has 4 heterocycles. The molecule has 0 radical (unpaired) electrons. The lowest BCUT2D eigenvalue weighted by Crippen LogP contribution is -2.29. The molecule has 0 spiro atoms. The molecule has 0 saturated heterocycles. The molecule has 8 heteroatoms. The molecular weight excluding hydrogens is 562 g/mol. The van der Waals surface area contributed by atoms with Crippen molar-refractivity contribution in [2.24, 2.45) is 7.05 Å². The van der Waals surface area contributed by atoms with Gasteiger partial charge in [-0.25, -0.2) is 4.79 Å². The fourth-order valence-corrected chi connectivity index (χ4v) is 6.65. The van der Waals surface area contributed by atoms with E-state index in [9.17, 15) is 9.90 Å². The zero-order valence-corrected chi connectivity index (χ0v) is 26.5. The van der Waals surface area contributed by atoms with Crippen molar-refractivity contribution in [2.45, 2.75) is 52.9 Å². The molecule has 1 aliphatic rings. The number of pyridine rings is 1. The maximum absolute atomic E-state index is 12.9. The van der Waals surface area contributed by atoms with Crippen molar-refractivity contribution in [3.63, 3.8) is 0 Å². The largest absolute Gasteiger partial charge is 0.479 e. The average molecular weight is 600 g/mol. The van der Waals surface area contributed by atoms with Gasteiger partial charge >= 0.3 is 5.97 Å².